The smallest absolute Gasteiger partial charge is 0.152 e. The van der Waals surface area contributed by atoms with Crippen LogP contribution in [0, 0.1) is 5.41 Å². The molecule has 0 spiro atoms. The van der Waals surface area contributed by atoms with Crippen LogP contribution < -0.4 is 0 Å². The van der Waals surface area contributed by atoms with Gasteiger partial charge < -0.3 is 4.79 Å². The summed E-state index contributed by atoms with van der Waals surface area (Å²) in [4.78, 5) is 10.6. The highest BCUT2D eigenvalue weighted by atomic mass is 32.2. The average molecular weight is 188 g/mol. The van der Waals surface area contributed by atoms with E-state index >= 15 is 0 Å². The highest BCUT2D eigenvalue weighted by molar-refractivity contribution is 7.93. The lowest BCUT2D eigenvalue weighted by atomic mass is 9.88. The van der Waals surface area contributed by atoms with Gasteiger partial charge in [-0.2, -0.15) is 0 Å². The Bertz CT molecular complexity index is 277. The molecule has 1 fully saturated rings. The zero-order valence-corrected chi connectivity index (χ0v) is 7.64. The summed E-state index contributed by atoms with van der Waals surface area (Å²) in [7, 11) is -2.90. The third kappa shape index (κ3) is 1.75. The van der Waals surface area contributed by atoms with E-state index in [1.54, 1.807) is 6.08 Å². The van der Waals surface area contributed by atoms with E-state index in [1.807, 2.05) is 0 Å². The molecule has 0 N–H and O–H groups in total. The summed E-state index contributed by atoms with van der Waals surface area (Å²) in [5.41, 5.74) is -0.590. The van der Waals surface area contributed by atoms with Gasteiger partial charge in [-0.15, -0.1) is 6.58 Å². The second-order valence-electron chi connectivity index (χ2n) is 3.34. The van der Waals surface area contributed by atoms with Crippen LogP contribution in [-0.2, 0) is 14.6 Å². The molecule has 0 aromatic rings. The molecule has 4 heteroatoms. The molecule has 1 rings (SSSR count). The lowest BCUT2D eigenvalue weighted by molar-refractivity contribution is -0.115. The van der Waals surface area contributed by atoms with Crippen LogP contribution in [0.2, 0.25) is 0 Å². The van der Waals surface area contributed by atoms with Crippen LogP contribution in [-0.4, -0.2) is 26.2 Å². The van der Waals surface area contributed by atoms with Crippen molar-refractivity contribution in [3.8, 4) is 0 Å². The van der Waals surface area contributed by atoms with Gasteiger partial charge in [0.05, 0.1) is 16.9 Å². The van der Waals surface area contributed by atoms with E-state index in [0.717, 1.165) is 6.29 Å². The number of carbonyl (C=O) groups is 1. The van der Waals surface area contributed by atoms with Crippen LogP contribution in [0.3, 0.4) is 0 Å². The largest absolute Gasteiger partial charge is 0.303 e. The maximum absolute atomic E-state index is 10.8. The van der Waals surface area contributed by atoms with Crippen molar-refractivity contribution in [2.75, 3.05) is 11.5 Å². The molecule has 0 amide bonds. The first-order valence-corrected chi connectivity index (χ1v) is 5.63. The van der Waals surface area contributed by atoms with Crippen molar-refractivity contribution in [1.29, 1.82) is 0 Å². The third-order valence-corrected chi connectivity index (χ3v) is 4.14. The number of rotatable bonds is 4. The maximum Gasteiger partial charge on any atom is 0.152 e. The van der Waals surface area contributed by atoms with Crippen molar-refractivity contribution in [2.24, 2.45) is 5.41 Å². The molecule has 1 saturated heterocycles. The zero-order chi connectivity index (χ0) is 9.24. The van der Waals surface area contributed by atoms with Crippen LogP contribution in [0.15, 0.2) is 12.7 Å². The predicted octanol–water partition coefficient (Wildman–Crippen LogP) is 0.566. The zero-order valence-electron chi connectivity index (χ0n) is 6.82. The molecular weight excluding hydrogens is 176 g/mol. The minimum absolute atomic E-state index is 0.0251. The van der Waals surface area contributed by atoms with Crippen molar-refractivity contribution in [1.82, 2.24) is 0 Å². The summed E-state index contributed by atoms with van der Waals surface area (Å²) in [6.07, 6.45) is 3.79. The van der Waals surface area contributed by atoms with E-state index in [-0.39, 0.29) is 11.5 Å². The fourth-order valence-corrected chi connectivity index (χ4v) is 3.59. The second kappa shape index (κ2) is 3.01. The summed E-state index contributed by atoms with van der Waals surface area (Å²) in [6.45, 7) is 3.53. The van der Waals surface area contributed by atoms with Crippen molar-refractivity contribution in [2.45, 2.75) is 12.8 Å². The van der Waals surface area contributed by atoms with Gasteiger partial charge in [-0.05, 0) is 12.8 Å². The molecule has 1 heterocycles. The van der Waals surface area contributed by atoms with E-state index < -0.39 is 15.3 Å². The molecule has 0 aromatic heterocycles. The van der Waals surface area contributed by atoms with Crippen LogP contribution >= 0.6 is 0 Å². The number of aldehydes is 1. The number of allylic oxidation sites excluding steroid dienone is 1. The average Bonchev–Trinajstić information content (AvgIpc) is 1.96. The quantitative estimate of drug-likeness (QED) is 0.478. The fraction of sp³-hybridized carbons (Fsp3) is 0.625. The maximum atomic E-state index is 10.8. The Hall–Kier alpha value is -0.640. The summed E-state index contributed by atoms with van der Waals surface area (Å²) < 4.78 is 21.7. The van der Waals surface area contributed by atoms with Crippen LogP contribution in [0.4, 0.5) is 0 Å². The highest BCUT2D eigenvalue weighted by Gasteiger charge is 2.47. The van der Waals surface area contributed by atoms with Gasteiger partial charge in [-0.3, -0.25) is 0 Å². The minimum atomic E-state index is -2.90. The van der Waals surface area contributed by atoms with Gasteiger partial charge in [0.25, 0.3) is 0 Å². The minimum Gasteiger partial charge on any atom is -0.303 e. The highest BCUT2D eigenvalue weighted by Crippen LogP contribution is 2.35. The summed E-state index contributed by atoms with van der Waals surface area (Å²) >= 11 is 0. The van der Waals surface area contributed by atoms with E-state index in [9.17, 15) is 13.2 Å². The van der Waals surface area contributed by atoms with Crippen LogP contribution in [0.5, 0.6) is 0 Å². The first-order valence-electron chi connectivity index (χ1n) is 3.81. The van der Waals surface area contributed by atoms with Crippen LogP contribution in [0.1, 0.15) is 12.8 Å². The van der Waals surface area contributed by atoms with Crippen molar-refractivity contribution in [3.05, 3.63) is 12.7 Å². The molecular formula is C8H12O3S. The normalized spacial score (nSPS) is 24.0. The molecule has 0 bridgehead atoms. The molecule has 0 aromatic carbocycles. The second-order valence-corrected chi connectivity index (χ2v) is 5.40. The molecule has 68 valence electrons. The van der Waals surface area contributed by atoms with Gasteiger partial charge in [0.15, 0.2) is 9.84 Å². The Kier molecular flexibility index (Phi) is 2.37. The third-order valence-electron chi connectivity index (χ3n) is 2.11. The van der Waals surface area contributed by atoms with Crippen molar-refractivity contribution < 1.29 is 13.2 Å². The van der Waals surface area contributed by atoms with Crippen molar-refractivity contribution >= 4 is 16.1 Å². The van der Waals surface area contributed by atoms with Gasteiger partial charge >= 0.3 is 0 Å². The molecule has 3 nitrogen and oxygen atoms in total. The summed E-state index contributed by atoms with van der Waals surface area (Å²) in [5, 5.41) is 0. The molecule has 0 radical (unpaired) electrons. The first kappa shape index (κ1) is 9.45. The van der Waals surface area contributed by atoms with Crippen molar-refractivity contribution in [3.63, 3.8) is 0 Å². The molecule has 1 aliphatic rings. The Balaban J connectivity index is 2.58. The lowest BCUT2D eigenvalue weighted by Gasteiger charge is -2.35. The monoisotopic (exact) mass is 188 g/mol. The predicted molar refractivity (Wildman–Crippen MR) is 46.6 cm³/mol. The standard InChI is InChI=1S/C8H12O3S/c1-2-3-4-8(5-9)6-12(10,11)7-8/h2,5H,1,3-4,6-7H2. The SMILES string of the molecule is C=CCCC1(C=O)CS(=O)(=O)C1. The molecule has 12 heavy (non-hydrogen) atoms. The van der Waals surface area contributed by atoms with Gasteiger partial charge in [0.1, 0.15) is 6.29 Å². The Morgan fingerprint density at radius 2 is 2.00 bits per heavy atom. The van der Waals surface area contributed by atoms with E-state index in [2.05, 4.69) is 6.58 Å². The molecule has 0 unspecified atom stereocenters. The molecule has 0 atom stereocenters. The number of hydrogen-bond donors (Lipinski definition) is 0. The molecule has 0 aliphatic carbocycles. The fourth-order valence-electron chi connectivity index (χ4n) is 1.49. The van der Waals surface area contributed by atoms with Gasteiger partial charge in [0.2, 0.25) is 0 Å². The van der Waals surface area contributed by atoms with Gasteiger partial charge in [-0.25, -0.2) is 8.42 Å². The Morgan fingerprint density at radius 3 is 2.33 bits per heavy atom. The molecule has 0 saturated carbocycles. The lowest BCUT2D eigenvalue weighted by Crippen LogP contribution is -2.49. The van der Waals surface area contributed by atoms with E-state index in [4.69, 9.17) is 0 Å². The first-order chi connectivity index (χ1) is 5.54. The number of sulfone groups is 1. The van der Waals surface area contributed by atoms with Crippen LogP contribution in [0.25, 0.3) is 0 Å². The Morgan fingerprint density at radius 1 is 1.42 bits per heavy atom. The summed E-state index contributed by atoms with van der Waals surface area (Å²) in [5.74, 6) is 0.0503. The van der Waals surface area contributed by atoms with Gasteiger partial charge in [0, 0.05) is 0 Å². The number of hydrogen-bond acceptors (Lipinski definition) is 3. The van der Waals surface area contributed by atoms with Gasteiger partial charge in [-0.1, -0.05) is 6.08 Å². The number of carbonyl (C=O) groups excluding carboxylic acids is 1. The topological polar surface area (TPSA) is 51.2 Å². The Labute approximate surface area is 72.4 Å². The molecule has 1 aliphatic heterocycles. The van der Waals surface area contributed by atoms with E-state index in [1.165, 1.54) is 0 Å². The summed E-state index contributed by atoms with van der Waals surface area (Å²) in [6, 6.07) is 0. The van der Waals surface area contributed by atoms with E-state index in [0.29, 0.717) is 12.8 Å².